The molecule has 0 saturated heterocycles. The maximum absolute atomic E-state index is 13.8. The van der Waals surface area contributed by atoms with Crippen molar-refractivity contribution in [3.63, 3.8) is 0 Å². The zero-order valence-electron chi connectivity index (χ0n) is 16.2. The number of thiophene rings is 1. The second-order valence-electron chi connectivity index (χ2n) is 6.30. The highest BCUT2D eigenvalue weighted by atomic mass is 35.5. The molecule has 0 aliphatic carbocycles. The van der Waals surface area contributed by atoms with Crippen molar-refractivity contribution in [2.75, 3.05) is 7.05 Å². The highest BCUT2D eigenvalue weighted by molar-refractivity contribution is 7.18. The molecule has 3 aromatic heterocycles. The van der Waals surface area contributed by atoms with Crippen molar-refractivity contribution in [3.05, 3.63) is 72.7 Å². The first-order chi connectivity index (χ1) is 15.2. The van der Waals surface area contributed by atoms with Crippen LogP contribution >= 0.6 is 22.9 Å². The molecule has 1 N–H and O–H groups in total. The summed E-state index contributed by atoms with van der Waals surface area (Å²) in [6, 6.07) is 2.26. The quantitative estimate of drug-likeness (QED) is 0.429. The number of Topliss-reactive ketones (excluding diaryl/α,β-unsaturated/α-hetero) is 1. The molecule has 1 amide bonds. The van der Waals surface area contributed by atoms with E-state index in [1.165, 1.54) is 19.3 Å². The minimum absolute atomic E-state index is 0.0632. The van der Waals surface area contributed by atoms with Crippen LogP contribution in [0.25, 0.3) is 0 Å². The van der Waals surface area contributed by atoms with Gasteiger partial charge in [0, 0.05) is 19.7 Å². The lowest BCUT2D eigenvalue weighted by Gasteiger charge is -2.08. The summed E-state index contributed by atoms with van der Waals surface area (Å²) in [7, 11) is 1.42. The molecule has 0 bridgehead atoms. The van der Waals surface area contributed by atoms with Crippen LogP contribution in [-0.2, 0) is 13.0 Å². The van der Waals surface area contributed by atoms with E-state index in [2.05, 4.69) is 22.1 Å². The molecule has 0 atom stereocenters. The lowest BCUT2D eigenvalue weighted by atomic mass is 10.1. The van der Waals surface area contributed by atoms with E-state index in [-0.39, 0.29) is 32.8 Å². The van der Waals surface area contributed by atoms with Crippen molar-refractivity contribution in [2.24, 2.45) is 0 Å². The van der Waals surface area contributed by atoms with Gasteiger partial charge in [-0.1, -0.05) is 17.5 Å². The van der Waals surface area contributed by atoms with E-state index in [1.54, 1.807) is 0 Å². The molecule has 12 heteroatoms. The molecule has 0 saturated carbocycles. The van der Waals surface area contributed by atoms with Crippen LogP contribution in [0.5, 0.6) is 0 Å². The van der Waals surface area contributed by atoms with Gasteiger partial charge in [-0.05, 0) is 23.6 Å². The summed E-state index contributed by atoms with van der Waals surface area (Å²) in [5.41, 5.74) is -0.815. The molecule has 3 heterocycles. The lowest BCUT2D eigenvalue weighted by molar-refractivity contribution is 0.0927. The minimum Gasteiger partial charge on any atom is -0.424 e. The number of nitrogens with one attached hydrogen (secondary N) is 1. The van der Waals surface area contributed by atoms with Gasteiger partial charge in [-0.3, -0.25) is 14.4 Å². The van der Waals surface area contributed by atoms with Crippen molar-refractivity contribution < 1.29 is 27.2 Å². The Balaban J connectivity index is 1.78. The number of rotatable bonds is 6. The third-order valence-electron chi connectivity index (χ3n) is 4.01. The molecule has 7 nitrogen and oxygen atoms in total. The van der Waals surface area contributed by atoms with Crippen LogP contribution in [0, 0.1) is 17.7 Å². The normalized spacial score (nSPS) is 10.7. The minimum atomic E-state index is -2.85. The molecule has 3 aromatic rings. The number of hydrogen-bond acceptors (Lipinski definition) is 6. The van der Waals surface area contributed by atoms with Crippen LogP contribution in [0.2, 0.25) is 4.34 Å². The number of carbonyl (C=O) groups excluding carboxylic acids is 2. The first-order valence-electron chi connectivity index (χ1n) is 8.87. The molecule has 0 aliphatic heterocycles. The van der Waals surface area contributed by atoms with Gasteiger partial charge < -0.3 is 14.3 Å². The van der Waals surface area contributed by atoms with Gasteiger partial charge in [0.2, 0.25) is 0 Å². The number of carbonyl (C=O) groups is 2. The zero-order valence-corrected chi connectivity index (χ0v) is 17.8. The number of halogens is 4. The van der Waals surface area contributed by atoms with Crippen molar-refractivity contribution in [1.82, 2.24) is 14.9 Å². The van der Waals surface area contributed by atoms with E-state index in [9.17, 15) is 27.6 Å². The van der Waals surface area contributed by atoms with Crippen LogP contribution in [0.15, 0.2) is 33.7 Å². The maximum Gasteiger partial charge on any atom is 0.306 e. The predicted octanol–water partition coefficient (Wildman–Crippen LogP) is 3.14. The topological polar surface area (TPSA) is 94.2 Å². The van der Waals surface area contributed by atoms with Crippen LogP contribution in [-0.4, -0.2) is 34.7 Å². The Hall–Kier alpha value is -3.36. The third-order valence-corrected chi connectivity index (χ3v) is 5.41. The van der Waals surface area contributed by atoms with Gasteiger partial charge in [-0.15, -0.1) is 11.3 Å². The van der Waals surface area contributed by atoms with Crippen molar-refractivity contribution >= 4 is 34.6 Å². The summed E-state index contributed by atoms with van der Waals surface area (Å²) >= 11 is 7.06. The largest absolute Gasteiger partial charge is 0.424 e. The Labute approximate surface area is 187 Å². The highest BCUT2D eigenvalue weighted by Gasteiger charge is 2.17. The van der Waals surface area contributed by atoms with Gasteiger partial charge in [-0.25, -0.2) is 18.2 Å². The van der Waals surface area contributed by atoms with E-state index < -0.39 is 36.0 Å². The van der Waals surface area contributed by atoms with Crippen LogP contribution in [0.3, 0.4) is 0 Å². The highest BCUT2D eigenvalue weighted by Crippen LogP contribution is 2.28. The molecule has 3 rings (SSSR count). The Bertz CT molecular complexity index is 1300. The molecule has 32 heavy (non-hydrogen) atoms. The fraction of sp³-hybridized carbons (Fsp3) is 0.200. The number of aromatic nitrogens is 2. The first kappa shape index (κ1) is 23.3. The number of nitrogens with zero attached hydrogens (tertiary/aromatic N) is 2. The summed E-state index contributed by atoms with van der Waals surface area (Å²) < 4.78 is 44.9. The average molecular weight is 484 g/mol. The van der Waals surface area contributed by atoms with Crippen molar-refractivity contribution in [3.8, 4) is 11.8 Å². The standard InChI is InChI=1S/C20H13ClF3N3O4S/c1-25-18(29)19-26-7-12(31-19)3-2-11-6-15(32-17(11)21)14(28)5-10-4-13(22)20(30)27(8-10)9-16(23)24/h4,6-8,16H,5,9H2,1H3,(H,25,29). The lowest BCUT2D eigenvalue weighted by Crippen LogP contribution is -2.26. The average Bonchev–Trinajstić information content (AvgIpc) is 3.36. The molecule has 0 aromatic carbocycles. The Morgan fingerprint density at radius 2 is 2.09 bits per heavy atom. The Morgan fingerprint density at radius 3 is 2.78 bits per heavy atom. The summed E-state index contributed by atoms with van der Waals surface area (Å²) in [5.74, 6) is 3.08. The van der Waals surface area contributed by atoms with E-state index in [0.29, 0.717) is 10.1 Å². The summed E-state index contributed by atoms with van der Waals surface area (Å²) in [6.07, 6.45) is -0.902. The van der Waals surface area contributed by atoms with E-state index in [1.807, 2.05) is 0 Å². The Morgan fingerprint density at radius 1 is 1.34 bits per heavy atom. The van der Waals surface area contributed by atoms with Crippen LogP contribution < -0.4 is 10.9 Å². The molecule has 0 radical (unpaired) electrons. The van der Waals surface area contributed by atoms with Gasteiger partial charge in [0.25, 0.3) is 17.9 Å². The maximum atomic E-state index is 13.8. The second-order valence-corrected chi connectivity index (χ2v) is 7.96. The van der Waals surface area contributed by atoms with Gasteiger partial charge in [0.05, 0.1) is 23.2 Å². The molecule has 0 unspecified atom stereocenters. The number of hydrogen-bond donors (Lipinski definition) is 1. The van der Waals surface area contributed by atoms with Gasteiger partial charge in [-0.2, -0.15) is 0 Å². The van der Waals surface area contributed by atoms with E-state index >= 15 is 0 Å². The third kappa shape index (κ3) is 5.46. The zero-order chi connectivity index (χ0) is 23.4. The smallest absolute Gasteiger partial charge is 0.306 e. The second kappa shape index (κ2) is 9.84. The molecule has 0 spiro atoms. The van der Waals surface area contributed by atoms with E-state index in [0.717, 1.165) is 23.6 Å². The van der Waals surface area contributed by atoms with Gasteiger partial charge >= 0.3 is 5.91 Å². The van der Waals surface area contributed by atoms with Gasteiger partial charge in [0.1, 0.15) is 4.34 Å². The Kier molecular flexibility index (Phi) is 7.17. The number of pyridine rings is 1. The number of ketones is 1. The molecule has 0 aliphatic rings. The molecule has 166 valence electrons. The number of oxazole rings is 1. The first-order valence-corrected chi connectivity index (χ1v) is 10.1. The van der Waals surface area contributed by atoms with Crippen LogP contribution in [0.1, 0.15) is 37.2 Å². The van der Waals surface area contributed by atoms with Crippen LogP contribution in [0.4, 0.5) is 13.2 Å². The van der Waals surface area contributed by atoms with Crippen molar-refractivity contribution in [2.45, 2.75) is 19.4 Å². The van der Waals surface area contributed by atoms with Crippen molar-refractivity contribution in [1.29, 1.82) is 0 Å². The summed E-state index contributed by atoms with van der Waals surface area (Å²) in [6.45, 7) is -0.981. The number of alkyl halides is 2. The summed E-state index contributed by atoms with van der Waals surface area (Å²) in [4.78, 5) is 39.6. The van der Waals surface area contributed by atoms with Gasteiger partial charge in [0.15, 0.2) is 17.4 Å². The SMILES string of the molecule is CNC(=O)c1ncc(C#Cc2cc(C(=O)Cc3cc(F)c(=O)n(CC(F)F)c3)sc2Cl)o1. The van der Waals surface area contributed by atoms with E-state index in [4.69, 9.17) is 16.0 Å². The molecular formula is C20H13ClF3N3O4S. The molecular weight excluding hydrogens is 471 g/mol. The fourth-order valence-electron chi connectivity index (χ4n) is 2.58. The predicted molar refractivity (Wildman–Crippen MR) is 110 cm³/mol. The molecule has 0 fully saturated rings. The fourth-order valence-corrected chi connectivity index (χ4v) is 3.70. The number of amides is 1. The monoisotopic (exact) mass is 483 g/mol. The summed E-state index contributed by atoms with van der Waals surface area (Å²) in [5, 5.41) is 2.35.